The predicted octanol–water partition coefficient (Wildman–Crippen LogP) is 2.85. The topological polar surface area (TPSA) is 101 Å². The SMILES string of the molecule is O=C(CCc1ccccc1)Nc1ccc(S(=O)(=O)Nc2ncccn2)cc1. The molecule has 3 rings (SSSR count). The lowest BCUT2D eigenvalue weighted by Crippen LogP contribution is -2.15. The minimum Gasteiger partial charge on any atom is -0.326 e. The van der Waals surface area contributed by atoms with Gasteiger partial charge in [0.1, 0.15) is 0 Å². The number of amides is 1. The fraction of sp³-hybridized carbons (Fsp3) is 0.105. The van der Waals surface area contributed by atoms with Crippen LogP contribution in [-0.2, 0) is 21.2 Å². The van der Waals surface area contributed by atoms with Crippen LogP contribution in [0.4, 0.5) is 11.6 Å². The van der Waals surface area contributed by atoms with E-state index in [-0.39, 0.29) is 16.8 Å². The number of carbonyl (C=O) groups excluding carboxylic acids is 1. The van der Waals surface area contributed by atoms with E-state index in [9.17, 15) is 13.2 Å². The van der Waals surface area contributed by atoms with Gasteiger partial charge in [-0.1, -0.05) is 30.3 Å². The number of hydrogen-bond donors (Lipinski definition) is 2. The Morgan fingerprint density at radius 2 is 1.56 bits per heavy atom. The average molecular weight is 382 g/mol. The Morgan fingerprint density at radius 3 is 2.22 bits per heavy atom. The number of rotatable bonds is 7. The monoisotopic (exact) mass is 382 g/mol. The van der Waals surface area contributed by atoms with Crippen molar-refractivity contribution in [2.24, 2.45) is 0 Å². The van der Waals surface area contributed by atoms with Crippen LogP contribution in [0.25, 0.3) is 0 Å². The Bertz CT molecular complexity index is 992. The van der Waals surface area contributed by atoms with E-state index in [1.165, 1.54) is 24.5 Å². The highest BCUT2D eigenvalue weighted by Gasteiger charge is 2.15. The van der Waals surface area contributed by atoms with Crippen LogP contribution in [0.3, 0.4) is 0 Å². The second-order valence-electron chi connectivity index (χ2n) is 5.74. The standard InChI is InChI=1S/C19H18N4O3S/c24-18(12-7-15-5-2-1-3-6-15)22-16-8-10-17(11-9-16)27(25,26)23-19-20-13-4-14-21-19/h1-6,8-11,13-14H,7,12H2,(H,22,24)(H,20,21,23). The molecule has 0 aliphatic heterocycles. The molecule has 0 bridgehead atoms. The van der Waals surface area contributed by atoms with Crippen molar-refractivity contribution in [2.75, 3.05) is 10.0 Å². The molecule has 0 aliphatic rings. The molecule has 138 valence electrons. The fourth-order valence-electron chi connectivity index (χ4n) is 2.37. The van der Waals surface area contributed by atoms with Gasteiger partial charge in [-0.2, -0.15) is 0 Å². The largest absolute Gasteiger partial charge is 0.326 e. The number of nitrogens with zero attached hydrogens (tertiary/aromatic N) is 2. The van der Waals surface area contributed by atoms with Crippen LogP contribution >= 0.6 is 0 Å². The lowest BCUT2D eigenvalue weighted by Gasteiger charge is -2.08. The molecule has 0 fully saturated rings. The zero-order valence-electron chi connectivity index (χ0n) is 14.4. The van der Waals surface area contributed by atoms with Crippen LogP contribution in [0.2, 0.25) is 0 Å². The van der Waals surface area contributed by atoms with Crippen molar-refractivity contribution >= 4 is 27.6 Å². The van der Waals surface area contributed by atoms with Crippen LogP contribution in [0.15, 0.2) is 78.0 Å². The van der Waals surface area contributed by atoms with Crippen molar-refractivity contribution in [3.63, 3.8) is 0 Å². The summed E-state index contributed by atoms with van der Waals surface area (Å²) in [5.41, 5.74) is 1.62. The predicted molar refractivity (Wildman–Crippen MR) is 103 cm³/mol. The van der Waals surface area contributed by atoms with Gasteiger partial charge in [-0.3, -0.25) is 4.79 Å². The maximum absolute atomic E-state index is 12.3. The molecule has 0 unspecified atom stereocenters. The number of anilines is 2. The number of benzene rings is 2. The Morgan fingerprint density at radius 1 is 0.889 bits per heavy atom. The van der Waals surface area contributed by atoms with Crippen molar-refractivity contribution in [3.05, 3.63) is 78.6 Å². The number of carbonyl (C=O) groups is 1. The van der Waals surface area contributed by atoms with Gasteiger partial charge in [-0.15, -0.1) is 0 Å². The van der Waals surface area contributed by atoms with Crippen molar-refractivity contribution in [2.45, 2.75) is 17.7 Å². The highest BCUT2D eigenvalue weighted by Crippen LogP contribution is 2.16. The normalized spacial score (nSPS) is 11.0. The Hall–Kier alpha value is -3.26. The third-order valence-corrected chi connectivity index (χ3v) is 5.07. The average Bonchev–Trinajstić information content (AvgIpc) is 2.68. The van der Waals surface area contributed by atoms with E-state index in [4.69, 9.17) is 0 Å². The molecule has 0 saturated heterocycles. The van der Waals surface area contributed by atoms with E-state index in [1.807, 2.05) is 30.3 Å². The van der Waals surface area contributed by atoms with Crippen LogP contribution in [0.1, 0.15) is 12.0 Å². The molecule has 0 spiro atoms. The van der Waals surface area contributed by atoms with Gasteiger partial charge in [0.25, 0.3) is 10.0 Å². The summed E-state index contributed by atoms with van der Waals surface area (Å²) in [5, 5.41) is 2.76. The summed E-state index contributed by atoms with van der Waals surface area (Å²) >= 11 is 0. The summed E-state index contributed by atoms with van der Waals surface area (Å²) in [5.74, 6) is -0.138. The molecule has 7 nitrogen and oxygen atoms in total. The van der Waals surface area contributed by atoms with Gasteiger partial charge in [0.05, 0.1) is 4.90 Å². The molecule has 8 heteroatoms. The smallest absolute Gasteiger partial charge is 0.264 e. The van der Waals surface area contributed by atoms with Crippen molar-refractivity contribution in [3.8, 4) is 0 Å². The quantitative estimate of drug-likeness (QED) is 0.654. The zero-order valence-corrected chi connectivity index (χ0v) is 15.2. The molecule has 1 heterocycles. The molecule has 0 aliphatic carbocycles. The third-order valence-electron chi connectivity index (χ3n) is 3.72. The van der Waals surface area contributed by atoms with Gasteiger partial charge in [0.2, 0.25) is 11.9 Å². The summed E-state index contributed by atoms with van der Waals surface area (Å²) in [6, 6.07) is 17.2. The fourth-order valence-corrected chi connectivity index (χ4v) is 3.33. The van der Waals surface area contributed by atoms with Gasteiger partial charge >= 0.3 is 0 Å². The van der Waals surface area contributed by atoms with Crippen LogP contribution < -0.4 is 10.0 Å². The van der Waals surface area contributed by atoms with Gasteiger partial charge in [0.15, 0.2) is 0 Å². The number of sulfonamides is 1. The molecular formula is C19H18N4O3S. The van der Waals surface area contributed by atoms with Gasteiger partial charge < -0.3 is 5.32 Å². The first-order valence-corrected chi connectivity index (χ1v) is 9.75. The first-order chi connectivity index (χ1) is 13.0. The second-order valence-corrected chi connectivity index (χ2v) is 7.42. The molecular weight excluding hydrogens is 364 g/mol. The van der Waals surface area contributed by atoms with Crippen LogP contribution in [-0.4, -0.2) is 24.3 Å². The van der Waals surface area contributed by atoms with E-state index in [2.05, 4.69) is 20.0 Å². The second kappa shape index (κ2) is 8.41. The summed E-state index contributed by atoms with van der Waals surface area (Å²) < 4.78 is 26.9. The Labute approximate surface area is 157 Å². The molecule has 2 aromatic carbocycles. The van der Waals surface area contributed by atoms with E-state index in [1.54, 1.807) is 18.2 Å². The first kappa shape index (κ1) is 18.5. The van der Waals surface area contributed by atoms with Crippen LogP contribution in [0.5, 0.6) is 0 Å². The lowest BCUT2D eigenvalue weighted by molar-refractivity contribution is -0.116. The molecule has 2 N–H and O–H groups in total. The summed E-state index contributed by atoms with van der Waals surface area (Å²) in [6.45, 7) is 0. The van der Waals surface area contributed by atoms with E-state index >= 15 is 0 Å². The number of hydrogen-bond acceptors (Lipinski definition) is 5. The maximum Gasteiger partial charge on any atom is 0.264 e. The van der Waals surface area contributed by atoms with Crippen molar-refractivity contribution in [1.29, 1.82) is 0 Å². The third kappa shape index (κ3) is 5.35. The summed E-state index contributed by atoms with van der Waals surface area (Å²) in [6.07, 6.45) is 3.87. The van der Waals surface area contributed by atoms with Gasteiger partial charge in [-0.25, -0.2) is 23.1 Å². The molecule has 1 amide bonds. The molecule has 27 heavy (non-hydrogen) atoms. The van der Waals surface area contributed by atoms with Crippen molar-refractivity contribution < 1.29 is 13.2 Å². The minimum absolute atomic E-state index is 0.00390. The van der Waals surface area contributed by atoms with Crippen LogP contribution in [0, 0.1) is 0 Å². The highest BCUT2D eigenvalue weighted by atomic mass is 32.2. The first-order valence-electron chi connectivity index (χ1n) is 8.27. The molecule has 0 atom stereocenters. The van der Waals surface area contributed by atoms with E-state index < -0.39 is 10.0 Å². The Balaban J connectivity index is 1.59. The van der Waals surface area contributed by atoms with E-state index in [0.717, 1.165) is 5.56 Å². The summed E-state index contributed by atoms with van der Waals surface area (Å²) in [7, 11) is -3.79. The number of aromatic nitrogens is 2. The molecule has 0 radical (unpaired) electrons. The van der Waals surface area contributed by atoms with Gasteiger partial charge in [-0.05, 0) is 42.3 Å². The van der Waals surface area contributed by atoms with E-state index in [0.29, 0.717) is 18.5 Å². The van der Waals surface area contributed by atoms with Gasteiger partial charge in [0, 0.05) is 24.5 Å². The molecule has 1 aromatic heterocycles. The Kier molecular flexibility index (Phi) is 5.77. The lowest BCUT2D eigenvalue weighted by atomic mass is 10.1. The highest BCUT2D eigenvalue weighted by molar-refractivity contribution is 7.92. The maximum atomic E-state index is 12.3. The minimum atomic E-state index is -3.79. The van der Waals surface area contributed by atoms with Crippen molar-refractivity contribution in [1.82, 2.24) is 9.97 Å². The number of aryl methyl sites for hydroxylation is 1. The molecule has 0 saturated carbocycles. The zero-order chi connectivity index (χ0) is 19.1. The number of nitrogens with one attached hydrogen (secondary N) is 2. The summed E-state index contributed by atoms with van der Waals surface area (Å²) in [4.78, 5) is 19.8. The molecule has 3 aromatic rings.